The Balaban J connectivity index is 2.12. The number of hydrogen-bond acceptors (Lipinski definition) is 3. The van der Waals surface area contributed by atoms with E-state index in [4.69, 9.17) is 26.9 Å². The lowest BCUT2D eigenvalue weighted by Crippen LogP contribution is -1.98. The highest BCUT2D eigenvalue weighted by atomic mass is 35.5. The first-order valence-corrected chi connectivity index (χ1v) is 6.59. The minimum Gasteiger partial charge on any atom is -0.487 e. The Morgan fingerprint density at radius 3 is 2.67 bits per heavy atom. The van der Waals surface area contributed by atoms with Gasteiger partial charge in [0.25, 0.3) is 0 Å². The zero-order valence-corrected chi connectivity index (χ0v) is 11.8. The second-order valence-corrected chi connectivity index (χ2v) is 4.62. The Hall–Kier alpha value is -2.75. The lowest BCUT2D eigenvalue weighted by atomic mass is 10.1. The molecule has 0 bridgehead atoms. The SMILES string of the molecule is N#C/C=C/c1ccc(OCc2ccccc2C#N)c(Cl)c1. The van der Waals surface area contributed by atoms with Gasteiger partial charge in [0.05, 0.1) is 22.7 Å². The summed E-state index contributed by atoms with van der Waals surface area (Å²) in [4.78, 5) is 0. The molecule has 0 aliphatic rings. The standard InChI is InChI=1S/C17H11ClN2O/c18-16-10-13(4-3-9-19)7-8-17(16)21-12-15-6-2-1-5-14(15)11-20/h1-8,10H,12H2/b4-3+. The van der Waals surface area contributed by atoms with E-state index in [1.807, 2.05) is 30.3 Å². The van der Waals surface area contributed by atoms with Crippen molar-refractivity contribution in [1.82, 2.24) is 0 Å². The summed E-state index contributed by atoms with van der Waals surface area (Å²) in [6.45, 7) is 0.275. The second-order valence-electron chi connectivity index (χ2n) is 4.21. The summed E-state index contributed by atoms with van der Waals surface area (Å²) in [5.41, 5.74) is 2.22. The van der Waals surface area contributed by atoms with Gasteiger partial charge in [0.15, 0.2) is 0 Å². The first-order chi connectivity index (χ1) is 10.2. The van der Waals surface area contributed by atoms with Crippen LogP contribution in [0.25, 0.3) is 6.08 Å². The monoisotopic (exact) mass is 294 g/mol. The molecule has 0 amide bonds. The van der Waals surface area contributed by atoms with Gasteiger partial charge in [0.2, 0.25) is 0 Å². The van der Waals surface area contributed by atoms with E-state index in [0.717, 1.165) is 11.1 Å². The van der Waals surface area contributed by atoms with Crippen LogP contribution < -0.4 is 4.74 Å². The van der Waals surface area contributed by atoms with E-state index in [1.54, 1.807) is 24.3 Å². The lowest BCUT2D eigenvalue weighted by Gasteiger charge is -2.09. The Morgan fingerprint density at radius 1 is 1.14 bits per heavy atom. The molecule has 0 atom stereocenters. The fourth-order valence-corrected chi connectivity index (χ4v) is 2.03. The highest BCUT2D eigenvalue weighted by Gasteiger charge is 2.05. The Bertz CT molecular complexity index is 754. The minimum atomic E-state index is 0.275. The molecular formula is C17H11ClN2O. The summed E-state index contributed by atoms with van der Waals surface area (Å²) in [5.74, 6) is 0.540. The van der Waals surface area contributed by atoms with Crippen molar-refractivity contribution in [2.45, 2.75) is 6.61 Å². The Kier molecular flexibility index (Phi) is 4.99. The molecule has 102 valence electrons. The van der Waals surface area contributed by atoms with E-state index in [0.29, 0.717) is 16.3 Å². The minimum absolute atomic E-state index is 0.275. The smallest absolute Gasteiger partial charge is 0.138 e. The maximum absolute atomic E-state index is 9.02. The molecule has 4 heteroatoms. The molecule has 0 unspecified atom stereocenters. The van der Waals surface area contributed by atoms with Crippen LogP contribution >= 0.6 is 11.6 Å². The van der Waals surface area contributed by atoms with E-state index in [9.17, 15) is 0 Å². The van der Waals surface area contributed by atoms with Crippen molar-refractivity contribution in [2.24, 2.45) is 0 Å². The predicted molar refractivity (Wildman–Crippen MR) is 81.6 cm³/mol. The summed E-state index contributed by atoms with van der Waals surface area (Å²) >= 11 is 6.14. The van der Waals surface area contributed by atoms with Crippen molar-refractivity contribution in [1.29, 1.82) is 10.5 Å². The fourth-order valence-electron chi connectivity index (χ4n) is 1.78. The third-order valence-corrected chi connectivity index (χ3v) is 3.12. The molecule has 3 nitrogen and oxygen atoms in total. The quantitative estimate of drug-likeness (QED) is 0.789. The molecule has 2 rings (SSSR count). The van der Waals surface area contributed by atoms with Crippen molar-refractivity contribution in [3.05, 3.63) is 70.3 Å². The first-order valence-electron chi connectivity index (χ1n) is 6.21. The van der Waals surface area contributed by atoms with Crippen LogP contribution in [0, 0.1) is 22.7 Å². The van der Waals surface area contributed by atoms with E-state index in [-0.39, 0.29) is 6.61 Å². The zero-order valence-electron chi connectivity index (χ0n) is 11.1. The van der Waals surface area contributed by atoms with Crippen LogP contribution in [0.1, 0.15) is 16.7 Å². The normalized spacial score (nSPS) is 10.0. The summed E-state index contributed by atoms with van der Waals surface area (Å²) in [7, 11) is 0. The van der Waals surface area contributed by atoms with Crippen LogP contribution in [-0.2, 0) is 6.61 Å². The summed E-state index contributed by atoms with van der Waals surface area (Å²) in [6, 6.07) is 16.6. The van der Waals surface area contributed by atoms with Gasteiger partial charge >= 0.3 is 0 Å². The summed E-state index contributed by atoms with van der Waals surface area (Å²) < 4.78 is 5.65. The van der Waals surface area contributed by atoms with Crippen molar-refractivity contribution < 1.29 is 4.74 Å². The molecule has 21 heavy (non-hydrogen) atoms. The highest BCUT2D eigenvalue weighted by Crippen LogP contribution is 2.27. The van der Waals surface area contributed by atoms with Crippen LogP contribution in [0.5, 0.6) is 5.75 Å². The van der Waals surface area contributed by atoms with Crippen molar-refractivity contribution in [2.75, 3.05) is 0 Å². The molecule has 0 saturated carbocycles. The summed E-state index contributed by atoms with van der Waals surface area (Å²) in [6.07, 6.45) is 3.05. The van der Waals surface area contributed by atoms with Crippen LogP contribution in [0.15, 0.2) is 48.5 Å². The van der Waals surface area contributed by atoms with Gasteiger partial charge < -0.3 is 4.74 Å². The predicted octanol–water partition coefficient (Wildman–Crippen LogP) is 4.33. The Morgan fingerprint density at radius 2 is 1.95 bits per heavy atom. The molecule has 0 radical (unpaired) electrons. The van der Waals surface area contributed by atoms with Gasteiger partial charge in [-0.3, -0.25) is 0 Å². The van der Waals surface area contributed by atoms with E-state index >= 15 is 0 Å². The fraction of sp³-hybridized carbons (Fsp3) is 0.0588. The van der Waals surface area contributed by atoms with Gasteiger partial charge in [-0.25, -0.2) is 0 Å². The van der Waals surface area contributed by atoms with Gasteiger partial charge in [-0.05, 0) is 29.8 Å². The molecular weight excluding hydrogens is 284 g/mol. The maximum atomic E-state index is 9.02. The summed E-state index contributed by atoms with van der Waals surface area (Å²) in [5, 5.41) is 18.0. The van der Waals surface area contributed by atoms with Crippen LogP contribution in [0.4, 0.5) is 0 Å². The first kappa shape index (κ1) is 14.7. The number of nitrogens with zero attached hydrogens (tertiary/aromatic N) is 2. The van der Waals surface area contributed by atoms with Crippen LogP contribution in [0.2, 0.25) is 5.02 Å². The third kappa shape index (κ3) is 3.86. The van der Waals surface area contributed by atoms with Gasteiger partial charge in [0, 0.05) is 11.6 Å². The van der Waals surface area contributed by atoms with Crippen molar-refractivity contribution in [3.63, 3.8) is 0 Å². The Labute approximate surface area is 128 Å². The number of hydrogen-bond donors (Lipinski definition) is 0. The molecule has 2 aromatic carbocycles. The number of allylic oxidation sites excluding steroid dienone is 1. The van der Waals surface area contributed by atoms with Crippen molar-refractivity contribution >= 4 is 17.7 Å². The van der Waals surface area contributed by atoms with Gasteiger partial charge in [-0.1, -0.05) is 35.9 Å². The second kappa shape index (κ2) is 7.14. The number of halogens is 1. The number of nitriles is 2. The molecule has 0 aliphatic carbocycles. The molecule has 0 fully saturated rings. The molecule has 0 N–H and O–H groups in total. The van der Waals surface area contributed by atoms with Gasteiger partial charge in [-0.15, -0.1) is 0 Å². The van der Waals surface area contributed by atoms with Crippen LogP contribution in [-0.4, -0.2) is 0 Å². The van der Waals surface area contributed by atoms with Gasteiger partial charge in [-0.2, -0.15) is 10.5 Å². The van der Waals surface area contributed by atoms with E-state index in [1.165, 1.54) is 6.08 Å². The number of ether oxygens (including phenoxy) is 1. The largest absolute Gasteiger partial charge is 0.487 e. The highest BCUT2D eigenvalue weighted by molar-refractivity contribution is 6.32. The molecule has 0 heterocycles. The number of benzene rings is 2. The lowest BCUT2D eigenvalue weighted by molar-refractivity contribution is 0.306. The molecule has 0 aliphatic heterocycles. The molecule has 0 spiro atoms. The number of rotatable bonds is 4. The van der Waals surface area contributed by atoms with E-state index in [2.05, 4.69) is 6.07 Å². The van der Waals surface area contributed by atoms with Crippen molar-refractivity contribution in [3.8, 4) is 17.9 Å². The molecule has 0 aromatic heterocycles. The average Bonchev–Trinajstić information content (AvgIpc) is 2.52. The molecule has 0 saturated heterocycles. The average molecular weight is 295 g/mol. The maximum Gasteiger partial charge on any atom is 0.138 e. The zero-order chi connectivity index (χ0) is 15.1. The van der Waals surface area contributed by atoms with Gasteiger partial charge in [0.1, 0.15) is 12.4 Å². The topological polar surface area (TPSA) is 56.8 Å². The van der Waals surface area contributed by atoms with E-state index < -0.39 is 0 Å². The van der Waals surface area contributed by atoms with Crippen LogP contribution in [0.3, 0.4) is 0 Å². The molecule has 2 aromatic rings. The third-order valence-electron chi connectivity index (χ3n) is 2.83.